The molecule has 0 aliphatic carbocycles. The van der Waals surface area contributed by atoms with E-state index in [2.05, 4.69) is 5.32 Å². The molecule has 0 atom stereocenters. The number of anilines is 1. The lowest BCUT2D eigenvalue weighted by atomic mass is 10.1. The summed E-state index contributed by atoms with van der Waals surface area (Å²) in [7, 11) is 0. The second-order valence-electron chi connectivity index (χ2n) is 8.78. The highest BCUT2D eigenvalue weighted by atomic mass is 35.5. The van der Waals surface area contributed by atoms with Crippen LogP contribution in [0.15, 0.2) is 78.4 Å². The number of urea groups is 1. The molecule has 0 spiro atoms. The number of benzene rings is 4. The molecule has 194 valence electrons. The Morgan fingerprint density at radius 2 is 1.62 bits per heavy atom. The van der Waals surface area contributed by atoms with Crippen LogP contribution in [0.1, 0.15) is 11.1 Å². The molecule has 4 aromatic rings. The van der Waals surface area contributed by atoms with Gasteiger partial charge in [-0.1, -0.05) is 59.6 Å². The van der Waals surface area contributed by atoms with Crippen molar-refractivity contribution in [2.45, 2.75) is 6.61 Å². The zero-order chi connectivity index (χ0) is 27.1. The van der Waals surface area contributed by atoms with Crippen molar-refractivity contribution < 1.29 is 28.6 Å². The van der Waals surface area contributed by atoms with Crippen LogP contribution in [0.2, 0.25) is 10.0 Å². The summed E-state index contributed by atoms with van der Waals surface area (Å²) >= 11 is 12.9. The molecule has 2 heterocycles. The van der Waals surface area contributed by atoms with E-state index >= 15 is 0 Å². The summed E-state index contributed by atoms with van der Waals surface area (Å²) in [5.41, 5.74) is 1.25. The molecule has 1 saturated heterocycles. The van der Waals surface area contributed by atoms with E-state index in [0.717, 1.165) is 21.2 Å². The highest BCUT2D eigenvalue weighted by Crippen LogP contribution is 2.38. The Hall–Kier alpha value is -4.53. The van der Waals surface area contributed by atoms with Gasteiger partial charge in [-0.15, -0.1) is 0 Å². The summed E-state index contributed by atoms with van der Waals surface area (Å²) in [6.45, 7) is 0.268. The van der Waals surface area contributed by atoms with Crippen LogP contribution in [0.5, 0.6) is 17.2 Å². The van der Waals surface area contributed by atoms with E-state index in [0.29, 0.717) is 17.1 Å². The van der Waals surface area contributed by atoms with Crippen molar-refractivity contribution in [3.8, 4) is 17.2 Å². The Bertz CT molecular complexity index is 1690. The Kier molecular flexibility index (Phi) is 6.34. The van der Waals surface area contributed by atoms with E-state index in [1.54, 1.807) is 6.07 Å². The molecule has 0 saturated carbocycles. The fraction of sp³-hybridized carbons (Fsp3) is 0.0690. The van der Waals surface area contributed by atoms with Crippen LogP contribution >= 0.6 is 23.2 Å². The van der Waals surface area contributed by atoms with Crippen molar-refractivity contribution in [3.05, 3.63) is 99.5 Å². The van der Waals surface area contributed by atoms with E-state index in [1.165, 1.54) is 30.3 Å². The molecule has 10 heteroatoms. The first kappa shape index (κ1) is 24.8. The number of ether oxygens (including phenoxy) is 3. The Labute approximate surface area is 232 Å². The van der Waals surface area contributed by atoms with Crippen molar-refractivity contribution >= 4 is 63.6 Å². The molecule has 0 aromatic heterocycles. The van der Waals surface area contributed by atoms with Gasteiger partial charge in [0.2, 0.25) is 6.79 Å². The van der Waals surface area contributed by atoms with E-state index in [9.17, 15) is 14.4 Å². The third-order valence-corrected chi connectivity index (χ3v) is 6.81. The molecule has 1 N–H and O–H groups in total. The van der Waals surface area contributed by atoms with Gasteiger partial charge in [0.25, 0.3) is 11.8 Å². The van der Waals surface area contributed by atoms with Gasteiger partial charge in [-0.3, -0.25) is 14.9 Å². The van der Waals surface area contributed by atoms with Crippen LogP contribution in [0.3, 0.4) is 0 Å². The van der Waals surface area contributed by atoms with Gasteiger partial charge in [0.15, 0.2) is 17.2 Å². The van der Waals surface area contributed by atoms with Gasteiger partial charge in [0, 0.05) is 6.07 Å². The summed E-state index contributed by atoms with van der Waals surface area (Å²) in [4.78, 5) is 39.2. The Morgan fingerprint density at radius 3 is 2.41 bits per heavy atom. The number of hydrogen-bond acceptors (Lipinski definition) is 6. The molecule has 2 aliphatic rings. The Morgan fingerprint density at radius 1 is 0.872 bits per heavy atom. The second kappa shape index (κ2) is 9.98. The predicted molar refractivity (Wildman–Crippen MR) is 146 cm³/mol. The number of hydrogen-bond donors (Lipinski definition) is 1. The maximum atomic E-state index is 13.3. The highest BCUT2D eigenvalue weighted by Gasteiger charge is 2.37. The van der Waals surface area contributed by atoms with Crippen LogP contribution in [-0.4, -0.2) is 24.6 Å². The number of nitrogens with one attached hydrogen (secondary N) is 1. The predicted octanol–water partition coefficient (Wildman–Crippen LogP) is 6.12. The lowest BCUT2D eigenvalue weighted by molar-refractivity contribution is -0.122. The van der Waals surface area contributed by atoms with Crippen LogP contribution in [0.4, 0.5) is 10.5 Å². The van der Waals surface area contributed by atoms with Crippen LogP contribution in [0, 0.1) is 0 Å². The molecule has 1 fully saturated rings. The van der Waals surface area contributed by atoms with Crippen molar-refractivity contribution in [2.75, 3.05) is 11.7 Å². The third kappa shape index (κ3) is 4.76. The molecule has 8 nitrogen and oxygen atoms in total. The van der Waals surface area contributed by atoms with Gasteiger partial charge in [-0.25, -0.2) is 9.69 Å². The van der Waals surface area contributed by atoms with E-state index in [1.807, 2.05) is 42.5 Å². The average molecular weight is 561 g/mol. The second-order valence-corrected chi connectivity index (χ2v) is 9.59. The molecule has 0 bridgehead atoms. The summed E-state index contributed by atoms with van der Waals surface area (Å²) in [6.07, 6.45) is 1.31. The van der Waals surface area contributed by atoms with E-state index in [-0.39, 0.29) is 40.5 Å². The normalized spacial score (nSPS) is 15.7. The summed E-state index contributed by atoms with van der Waals surface area (Å²) < 4.78 is 16.5. The quantitative estimate of drug-likeness (QED) is 0.233. The molecular weight excluding hydrogens is 543 g/mol. The van der Waals surface area contributed by atoms with Gasteiger partial charge in [0.05, 0.1) is 15.7 Å². The standard InChI is InChI=1S/C29H18Cl2N2O6/c30-22-11-17(12-23(31)26(22)37-14-16-5-6-18-3-1-2-4-19(18)9-16)10-21-27(34)32-29(36)33(28(21)35)20-7-8-24-25(13-20)39-15-38-24/h1-13H,14-15H2,(H,32,34,36)/b21-10+. The molecular formula is C29H18Cl2N2O6. The topological polar surface area (TPSA) is 94.2 Å². The lowest BCUT2D eigenvalue weighted by Gasteiger charge is -2.26. The number of carbonyl (C=O) groups excluding carboxylic acids is 3. The van der Waals surface area contributed by atoms with Gasteiger partial charge in [0.1, 0.15) is 12.2 Å². The summed E-state index contributed by atoms with van der Waals surface area (Å²) in [5.74, 6) is -0.515. The van der Waals surface area contributed by atoms with E-state index < -0.39 is 17.8 Å². The molecule has 0 radical (unpaired) electrons. The zero-order valence-corrected chi connectivity index (χ0v) is 21.6. The fourth-order valence-corrected chi connectivity index (χ4v) is 4.98. The highest BCUT2D eigenvalue weighted by molar-refractivity contribution is 6.40. The molecule has 6 rings (SSSR count). The van der Waals surface area contributed by atoms with Crippen molar-refractivity contribution in [1.82, 2.24) is 5.32 Å². The first-order valence-electron chi connectivity index (χ1n) is 11.8. The first-order chi connectivity index (χ1) is 18.9. The molecule has 39 heavy (non-hydrogen) atoms. The number of carbonyl (C=O) groups is 3. The molecule has 0 unspecified atom stereocenters. The SMILES string of the molecule is O=C1NC(=O)N(c2ccc3c(c2)OCO3)C(=O)/C1=C/c1cc(Cl)c(OCc2ccc3ccccc3c2)c(Cl)c1. The third-order valence-electron chi connectivity index (χ3n) is 6.24. The molecule has 2 aliphatic heterocycles. The number of halogens is 2. The van der Waals surface area contributed by atoms with E-state index in [4.69, 9.17) is 37.4 Å². The monoisotopic (exact) mass is 560 g/mol. The zero-order valence-electron chi connectivity index (χ0n) is 20.1. The fourth-order valence-electron chi connectivity index (χ4n) is 4.37. The van der Waals surface area contributed by atoms with Gasteiger partial charge >= 0.3 is 6.03 Å². The maximum absolute atomic E-state index is 13.3. The number of fused-ring (bicyclic) bond motifs is 2. The molecule has 4 aromatic carbocycles. The molecule has 4 amide bonds. The number of rotatable bonds is 5. The summed E-state index contributed by atoms with van der Waals surface area (Å²) in [5, 5.41) is 4.78. The van der Waals surface area contributed by atoms with Gasteiger partial charge in [-0.05, 0) is 58.3 Å². The number of imide groups is 2. The average Bonchev–Trinajstić information content (AvgIpc) is 3.38. The van der Waals surface area contributed by atoms with Crippen molar-refractivity contribution in [2.24, 2.45) is 0 Å². The smallest absolute Gasteiger partial charge is 0.335 e. The largest absolute Gasteiger partial charge is 0.486 e. The number of amides is 4. The minimum absolute atomic E-state index is 0.0338. The summed E-state index contributed by atoms with van der Waals surface area (Å²) in [6, 6.07) is 20.8. The van der Waals surface area contributed by atoms with Gasteiger partial charge in [-0.2, -0.15) is 0 Å². The van der Waals surface area contributed by atoms with Crippen LogP contribution < -0.4 is 24.4 Å². The van der Waals surface area contributed by atoms with Crippen LogP contribution in [-0.2, 0) is 16.2 Å². The lowest BCUT2D eigenvalue weighted by Crippen LogP contribution is -2.54. The van der Waals surface area contributed by atoms with Crippen molar-refractivity contribution in [3.63, 3.8) is 0 Å². The van der Waals surface area contributed by atoms with Gasteiger partial charge < -0.3 is 14.2 Å². The Balaban J connectivity index is 1.25. The number of nitrogens with zero attached hydrogens (tertiary/aromatic N) is 1. The van der Waals surface area contributed by atoms with Crippen LogP contribution in [0.25, 0.3) is 16.8 Å². The first-order valence-corrected chi connectivity index (χ1v) is 12.5. The minimum atomic E-state index is -0.880. The van der Waals surface area contributed by atoms with Crippen molar-refractivity contribution in [1.29, 1.82) is 0 Å². The number of barbiturate groups is 1. The minimum Gasteiger partial charge on any atom is -0.486 e. The maximum Gasteiger partial charge on any atom is 0.335 e.